The number of carbonyl (C=O) groups excluding carboxylic acids is 1. The topological polar surface area (TPSA) is 72.9 Å². The number of nitrogens with zero attached hydrogens (tertiary/aromatic N) is 2. The first-order valence-corrected chi connectivity index (χ1v) is 9.75. The van der Waals surface area contributed by atoms with Crippen LogP contribution in [0.2, 0.25) is 0 Å². The zero-order valence-electron chi connectivity index (χ0n) is 15.3. The van der Waals surface area contributed by atoms with Crippen molar-refractivity contribution in [1.29, 1.82) is 0 Å². The normalized spacial score (nSPS) is 18.5. The molecule has 0 aromatic carbocycles. The Hall–Kier alpha value is -1.60. The molecular formula is C18H29N3O3S. The van der Waals surface area contributed by atoms with E-state index in [4.69, 9.17) is 5.11 Å². The van der Waals surface area contributed by atoms with E-state index in [1.54, 1.807) is 25.3 Å². The second kappa shape index (κ2) is 9.20. The molecule has 2 N–H and O–H groups in total. The molecule has 2 atom stereocenters. The van der Waals surface area contributed by atoms with E-state index in [1.165, 1.54) is 22.6 Å². The Kier molecular flexibility index (Phi) is 7.25. The molecule has 0 spiro atoms. The van der Waals surface area contributed by atoms with Gasteiger partial charge in [-0.3, -0.25) is 9.69 Å². The smallest absolute Gasteiger partial charge is 0.317 e. The molecule has 0 aliphatic carbocycles. The van der Waals surface area contributed by atoms with Gasteiger partial charge >= 0.3 is 12.0 Å². The molecule has 1 aliphatic heterocycles. The highest BCUT2D eigenvalue weighted by Gasteiger charge is 2.26. The third-order valence-electron chi connectivity index (χ3n) is 4.89. The molecule has 6 nitrogen and oxygen atoms in total. The van der Waals surface area contributed by atoms with Crippen molar-refractivity contribution >= 4 is 23.3 Å². The van der Waals surface area contributed by atoms with Crippen molar-refractivity contribution in [3.05, 3.63) is 22.4 Å². The molecule has 140 valence electrons. The number of urea groups is 1. The zero-order valence-corrected chi connectivity index (χ0v) is 16.1. The summed E-state index contributed by atoms with van der Waals surface area (Å²) in [5, 5.41) is 14.0. The minimum atomic E-state index is -0.890. The molecule has 0 bridgehead atoms. The number of thiophene rings is 1. The molecule has 1 aromatic heterocycles. The lowest BCUT2D eigenvalue weighted by Gasteiger charge is -2.36. The summed E-state index contributed by atoms with van der Waals surface area (Å²) in [5.41, 5.74) is 0. The van der Waals surface area contributed by atoms with Gasteiger partial charge in [0.25, 0.3) is 0 Å². The Morgan fingerprint density at radius 2 is 2.12 bits per heavy atom. The van der Waals surface area contributed by atoms with E-state index >= 15 is 0 Å². The van der Waals surface area contributed by atoms with E-state index in [2.05, 4.69) is 28.6 Å². The quantitative estimate of drug-likeness (QED) is 0.777. The predicted molar refractivity (Wildman–Crippen MR) is 99.9 cm³/mol. The highest BCUT2D eigenvalue weighted by molar-refractivity contribution is 7.10. The molecular weight excluding hydrogens is 338 g/mol. The van der Waals surface area contributed by atoms with Crippen LogP contribution in [0, 0.1) is 11.8 Å². The maximum Gasteiger partial charge on any atom is 0.317 e. The number of piperidine rings is 1. The third-order valence-corrected chi connectivity index (χ3v) is 5.87. The fourth-order valence-electron chi connectivity index (χ4n) is 3.12. The van der Waals surface area contributed by atoms with Crippen LogP contribution in [0.15, 0.2) is 17.5 Å². The summed E-state index contributed by atoms with van der Waals surface area (Å²) in [6, 6.07) is 4.12. The fourth-order valence-corrected chi connectivity index (χ4v) is 3.98. The van der Waals surface area contributed by atoms with Crippen LogP contribution in [0.1, 0.15) is 37.6 Å². The number of hydrogen-bond donors (Lipinski definition) is 2. The average Bonchev–Trinajstić information content (AvgIpc) is 3.10. The van der Waals surface area contributed by atoms with Crippen LogP contribution in [0.4, 0.5) is 4.79 Å². The lowest BCUT2D eigenvalue weighted by Crippen LogP contribution is -2.45. The largest absolute Gasteiger partial charge is 0.481 e. The van der Waals surface area contributed by atoms with Gasteiger partial charge in [0.05, 0.1) is 12.0 Å². The lowest BCUT2D eigenvalue weighted by molar-refractivity contribution is -0.141. The van der Waals surface area contributed by atoms with E-state index in [0.717, 1.165) is 19.0 Å². The van der Waals surface area contributed by atoms with Crippen LogP contribution in [0.5, 0.6) is 0 Å². The van der Waals surface area contributed by atoms with E-state index in [9.17, 15) is 9.59 Å². The first-order valence-electron chi connectivity index (χ1n) is 8.87. The molecule has 1 aromatic rings. The molecule has 2 amide bonds. The summed E-state index contributed by atoms with van der Waals surface area (Å²) in [4.78, 5) is 28.4. The lowest BCUT2D eigenvalue weighted by atomic mass is 9.97. The van der Waals surface area contributed by atoms with Crippen molar-refractivity contribution in [2.45, 2.75) is 32.7 Å². The van der Waals surface area contributed by atoms with Gasteiger partial charge < -0.3 is 15.3 Å². The van der Waals surface area contributed by atoms with Crippen molar-refractivity contribution in [3.8, 4) is 0 Å². The first-order chi connectivity index (χ1) is 11.9. The number of carboxylic acids is 1. The molecule has 1 fully saturated rings. The van der Waals surface area contributed by atoms with Gasteiger partial charge in [-0.2, -0.15) is 0 Å². The minimum Gasteiger partial charge on any atom is -0.481 e. The molecule has 1 saturated heterocycles. The maximum atomic E-state index is 12.3. The zero-order chi connectivity index (χ0) is 18.4. The van der Waals surface area contributed by atoms with Crippen LogP contribution in [0.25, 0.3) is 0 Å². The van der Waals surface area contributed by atoms with Gasteiger partial charge in [-0.15, -0.1) is 11.3 Å². The molecule has 25 heavy (non-hydrogen) atoms. The van der Waals surface area contributed by atoms with Crippen LogP contribution in [0.3, 0.4) is 0 Å². The number of aliphatic carboxylic acids is 1. The van der Waals surface area contributed by atoms with E-state index in [0.29, 0.717) is 6.54 Å². The highest BCUT2D eigenvalue weighted by atomic mass is 32.1. The first kappa shape index (κ1) is 19.7. The van der Waals surface area contributed by atoms with Crippen LogP contribution in [-0.2, 0) is 4.79 Å². The van der Waals surface area contributed by atoms with Crippen molar-refractivity contribution in [3.63, 3.8) is 0 Å². The maximum absolute atomic E-state index is 12.3. The van der Waals surface area contributed by atoms with Gasteiger partial charge in [-0.05, 0) is 43.3 Å². The Bertz CT molecular complexity index is 556. The summed E-state index contributed by atoms with van der Waals surface area (Å²) in [6.07, 6.45) is 2.37. The molecule has 2 unspecified atom stereocenters. The number of carbonyl (C=O) groups is 2. The number of amides is 2. The van der Waals surface area contributed by atoms with Gasteiger partial charge in [-0.25, -0.2) is 4.79 Å². The van der Waals surface area contributed by atoms with E-state index < -0.39 is 11.9 Å². The summed E-state index contributed by atoms with van der Waals surface area (Å²) in [6.45, 7) is 6.73. The summed E-state index contributed by atoms with van der Waals surface area (Å²) in [5.74, 6) is -0.704. The predicted octanol–water partition coefficient (Wildman–Crippen LogP) is 2.88. The van der Waals surface area contributed by atoms with Crippen LogP contribution < -0.4 is 5.32 Å². The van der Waals surface area contributed by atoms with Gasteiger partial charge in [0.1, 0.15) is 0 Å². The van der Waals surface area contributed by atoms with Crippen molar-refractivity contribution in [2.75, 3.05) is 33.2 Å². The van der Waals surface area contributed by atoms with Gasteiger partial charge in [0.15, 0.2) is 0 Å². The number of hydrogen-bond acceptors (Lipinski definition) is 4. The number of carboxylic acid groups (broad SMARTS) is 1. The molecule has 0 saturated carbocycles. The van der Waals surface area contributed by atoms with Crippen molar-refractivity contribution in [2.24, 2.45) is 11.8 Å². The van der Waals surface area contributed by atoms with Gasteiger partial charge in [0, 0.05) is 25.0 Å². The summed E-state index contributed by atoms with van der Waals surface area (Å²) in [7, 11) is 1.64. The van der Waals surface area contributed by atoms with E-state index in [1.807, 2.05) is 6.07 Å². The Morgan fingerprint density at radius 3 is 2.68 bits per heavy atom. The standard InChI is InChI=1S/C18H29N3O3S/c1-13-6-8-21(9-7-13)15(16-5-4-10-25-16)11-19-18(24)20(3)12-14(2)17(22)23/h4-5,10,13-15H,6-9,11-12H2,1-3H3,(H,19,24)(H,22,23). The van der Waals surface area contributed by atoms with Crippen LogP contribution in [-0.4, -0.2) is 60.1 Å². The van der Waals surface area contributed by atoms with Gasteiger partial charge in [0.2, 0.25) is 0 Å². The molecule has 2 heterocycles. The number of rotatable bonds is 7. The van der Waals surface area contributed by atoms with Gasteiger partial charge in [-0.1, -0.05) is 19.9 Å². The highest BCUT2D eigenvalue weighted by Crippen LogP contribution is 2.29. The Balaban J connectivity index is 1.93. The van der Waals surface area contributed by atoms with Crippen molar-refractivity contribution in [1.82, 2.24) is 15.1 Å². The van der Waals surface area contributed by atoms with E-state index in [-0.39, 0.29) is 18.6 Å². The molecule has 2 rings (SSSR count). The monoisotopic (exact) mass is 367 g/mol. The summed E-state index contributed by atoms with van der Waals surface area (Å²) >= 11 is 1.72. The molecule has 7 heteroatoms. The SMILES string of the molecule is CC1CCN(C(CNC(=O)N(C)CC(C)C(=O)O)c2cccs2)CC1. The minimum absolute atomic E-state index is 0.182. The second-order valence-electron chi connectivity index (χ2n) is 7.06. The average molecular weight is 368 g/mol. The Labute approximate surface area is 153 Å². The van der Waals surface area contributed by atoms with Crippen molar-refractivity contribution < 1.29 is 14.7 Å². The molecule has 1 aliphatic rings. The Morgan fingerprint density at radius 1 is 1.44 bits per heavy atom. The third kappa shape index (κ3) is 5.71. The summed E-state index contributed by atoms with van der Waals surface area (Å²) < 4.78 is 0. The number of likely N-dealkylation sites (tertiary alicyclic amines) is 1. The fraction of sp³-hybridized carbons (Fsp3) is 0.667. The number of nitrogens with one attached hydrogen (secondary N) is 1. The molecule has 0 radical (unpaired) electrons. The second-order valence-corrected chi connectivity index (χ2v) is 8.03. The van der Waals surface area contributed by atoms with Crippen LogP contribution >= 0.6 is 11.3 Å².